The van der Waals surface area contributed by atoms with Gasteiger partial charge in [-0.25, -0.2) is 4.98 Å². The second-order valence-corrected chi connectivity index (χ2v) is 6.51. The van der Waals surface area contributed by atoms with Gasteiger partial charge in [-0.1, -0.05) is 0 Å². The van der Waals surface area contributed by atoms with Crippen molar-refractivity contribution in [3.63, 3.8) is 0 Å². The van der Waals surface area contributed by atoms with Crippen molar-refractivity contribution in [3.8, 4) is 11.3 Å². The van der Waals surface area contributed by atoms with Crippen LogP contribution in [0.25, 0.3) is 11.3 Å². The number of thiazole rings is 1. The number of amides is 2. The molecule has 1 fully saturated rings. The first-order valence-electron chi connectivity index (χ1n) is 7.63. The van der Waals surface area contributed by atoms with Gasteiger partial charge in [-0.05, 0) is 26.3 Å². The maximum atomic E-state index is 12.0. The van der Waals surface area contributed by atoms with E-state index in [0.717, 1.165) is 35.7 Å². The molecule has 0 aromatic carbocycles. The number of hydrogen-bond acceptors (Lipinski definition) is 5. The second-order valence-electron chi connectivity index (χ2n) is 5.65. The van der Waals surface area contributed by atoms with Gasteiger partial charge in [0.25, 0.3) is 0 Å². The summed E-state index contributed by atoms with van der Waals surface area (Å²) in [4.78, 5) is 29.7. The summed E-state index contributed by atoms with van der Waals surface area (Å²) in [5.74, 6) is 1.68. The standard InChI is InChI=1S/C16H19N3O3S/c1-10-8-12(11(2)22-10)13-9-23-16(17-13)18-14(20)5-7-19-6-3-4-15(19)21/h8-9H,3-7H2,1-2H3,(H,17,18,20). The molecule has 0 atom stereocenters. The Balaban J connectivity index is 1.57. The van der Waals surface area contributed by atoms with Crippen LogP contribution in [-0.4, -0.2) is 34.8 Å². The predicted octanol–water partition coefficient (Wildman–Crippen LogP) is 2.97. The molecule has 2 aromatic heterocycles. The third kappa shape index (κ3) is 3.61. The fourth-order valence-corrected chi connectivity index (χ4v) is 3.43. The zero-order chi connectivity index (χ0) is 16.4. The highest BCUT2D eigenvalue weighted by Gasteiger charge is 2.20. The lowest BCUT2D eigenvalue weighted by Gasteiger charge is -2.14. The molecule has 1 saturated heterocycles. The molecule has 0 radical (unpaired) electrons. The normalized spacial score (nSPS) is 14.5. The molecule has 6 nitrogen and oxygen atoms in total. The Labute approximate surface area is 138 Å². The van der Waals surface area contributed by atoms with E-state index in [1.165, 1.54) is 11.3 Å². The summed E-state index contributed by atoms with van der Waals surface area (Å²) in [6.45, 7) is 5.02. The van der Waals surface area contributed by atoms with E-state index in [-0.39, 0.29) is 11.8 Å². The van der Waals surface area contributed by atoms with Crippen molar-refractivity contribution in [3.05, 3.63) is 23.0 Å². The summed E-state index contributed by atoms with van der Waals surface area (Å²) in [5, 5.41) is 5.26. The minimum atomic E-state index is -0.120. The highest BCUT2D eigenvalue weighted by atomic mass is 32.1. The average molecular weight is 333 g/mol. The van der Waals surface area contributed by atoms with Gasteiger partial charge in [0.2, 0.25) is 11.8 Å². The van der Waals surface area contributed by atoms with Gasteiger partial charge in [0, 0.05) is 36.9 Å². The van der Waals surface area contributed by atoms with E-state index < -0.39 is 0 Å². The molecule has 7 heteroatoms. The van der Waals surface area contributed by atoms with Crippen LogP contribution in [0.3, 0.4) is 0 Å². The first-order chi connectivity index (χ1) is 11.0. The Kier molecular flexibility index (Phi) is 4.47. The number of likely N-dealkylation sites (tertiary alicyclic amines) is 1. The molecular formula is C16H19N3O3S. The van der Waals surface area contributed by atoms with Gasteiger partial charge in [0.05, 0.1) is 5.69 Å². The lowest BCUT2D eigenvalue weighted by molar-refractivity contribution is -0.128. The van der Waals surface area contributed by atoms with Crippen molar-refractivity contribution in [2.75, 3.05) is 18.4 Å². The molecule has 1 aliphatic heterocycles. The van der Waals surface area contributed by atoms with Gasteiger partial charge >= 0.3 is 0 Å². The van der Waals surface area contributed by atoms with Crippen LogP contribution < -0.4 is 5.32 Å². The first kappa shape index (κ1) is 15.7. The van der Waals surface area contributed by atoms with Gasteiger partial charge in [-0.2, -0.15) is 0 Å². The van der Waals surface area contributed by atoms with Crippen molar-refractivity contribution < 1.29 is 14.0 Å². The number of hydrogen-bond donors (Lipinski definition) is 1. The van der Waals surface area contributed by atoms with E-state index in [0.29, 0.717) is 24.5 Å². The van der Waals surface area contributed by atoms with Crippen molar-refractivity contribution in [1.29, 1.82) is 0 Å². The third-order valence-corrected chi connectivity index (χ3v) is 4.61. The van der Waals surface area contributed by atoms with Crippen LogP contribution in [0.4, 0.5) is 5.13 Å². The molecule has 0 spiro atoms. The van der Waals surface area contributed by atoms with Crippen LogP contribution in [0.2, 0.25) is 0 Å². The Bertz CT molecular complexity index is 735. The van der Waals surface area contributed by atoms with Gasteiger partial charge in [0.1, 0.15) is 11.5 Å². The molecule has 0 bridgehead atoms. The van der Waals surface area contributed by atoms with E-state index in [4.69, 9.17) is 4.42 Å². The van der Waals surface area contributed by atoms with Gasteiger partial charge < -0.3 is 14.6 Å². The van der Waals surface area contributed by atoms with E-state index in [2.05, 4.69) is 10.3 Å². The van der Waals surface area contributed by atoms with Gasteiger partial charge in [0.15, 0.2) is 5.13 Å². The molecule has 3 heterocycles. The van der Waals surface area contributed by atoms with Crippen molar-refractivity contribution >= 4 is 28.3 Å². The Morgan fingerprint density at radius 1 is 1.48 bits per heavy atom. The fourth-order valence-electron chi connectivity index (χ4n) is 2.70. The quantitative estimate of drug-likeness (QED) is 0.913. The minimum Gasteiger partial charge on any atom is -0.466 e. The molecule has 0 aliphatic carbocycles. The number of nitrogens with one attached hydrogen (secondary N) is 1. The third-order valence-electron chi connectivity index (χ3n) is 3.85. The maximum Gasteiger partial charge on any atom is 0.227 e. The predicted molar refractivity (Wildman–Crippen MR) is 88.4 cm³/mol. The SMILES string of the molecule is Cc1cc(-c2csc(NC(=O)CCN3CCCC3=O)n2)c(C)o1. The highest BCUT2D eigenvalue weighted by molar-refractivity contribution is 7.14. The molecular weight excluding hydrogens is 314 g/mol. The Hall–Kier alpha value is -2.15. The van der Waals surface area contributed by atoms with E-state index in [1.54, 1.807) is 4.90 Å². The highest BCUT2D eigenvalue weighted by Crippen LogP contribution is 2.29. The summed E-state index contributed by atoms with van der Waals surface area (Å²) >= 11 is 1.38. The molecule has 23 heavy (non-hydrogen) atoms. The number of furan rings is 1. The van der Waals surface area contributed by atoms with Gasteiger partial charge in [-0.15, -0.1) is 11.3 Å². The smallest absolute Gasteiger partial charge is 0.227 e. The fraction of sp³-hybridized carbons (Fsp3) is 0.438. The Morgan fingerprint density at radius 3 is 2.96 bits per heavy atom. The number of carbonyl (C=O) groups is 2. The van der Waals surface area contributed by atoms with Crippen LogP contribution in [0.15, 0.2) is 15.9 Å². The number of aryl methyl sites for hydroxylation is 2. The molecule has 1 aliphatic rings. The largest absolute Gasteiger partial charge is 0.466 e. The molecule has 0 saturated carbocycles. The topological polar surface area (TPSA) is 75.4 Å². The van der Waals surface area contributed by atoms with Crippen LogP contribution >= 0.6 is 11.3 Å². The molecule has 1 N–H and O–H groups in total. The van der Waals surface area contributed by atoms with E-state index >= 15 is 0 Å². The molecule has 2 amide bonds. The van der Waals surface area contributed by atoms with Gasteiger partial charge in [-0.3, -0.25) is 9.59 Å². The van der Waals surface area contributed by atoms with E-state index in [1.807, 2.05) is 25.3 Å². The number of carbonyl (C=O) groups excluding carboxylic acids is 2. The number of nitrogens with zero attached hydrogens (tertiary/aromatic N) is 2. The van der Waals surface area contributed by atoms with Crippen molar-refractivity contribution in [2.24, 2.45) is 0 Å². The lowest BCUT2D eigenvalue weighted by atomic mass is 10.2. The van der Waals surface area contributed by atoms with Crippen LogP contribution in [0.1, 0.15) is 30.8 Å². The first-order valence-corrected chi connectivity index (χ1v) is 8.51. The van der Waals surface area contributed by atoms with Crippen molar-refractivity contribution in [2.45, 2.75) is 33.1 Å². The van der Waals surface area contributed by atoms with E-state index in [9.17, 15) is 9.59 Å². The molecule has 2 aromatic rings. The summed E-state index contributed by atoms with van der Waals surface area (Å²) in [6, 6.07) is 1.94. The van der Waals surface area contributed by atoms with Crippen molar-refractivity contribution in [1.82, 2.24) is 9.88 Å². The number of anilines is 1. The number of rotatable bonds is 5. The molecule has 122 valence electrons. The molecule has 0 unspecified atom stereocenters. The summed E-state index contributed by atoms with van der Waals surface area (Å²) in [6.07, 6.45) is 1.78. The second kappa shape index (κ2) is 6.54. The molecule has 3 rings (SSSR count). The monoisotopic (exact) mass is 333 g/mol. The van der Waals surface area contributed by atoms with Crippen LogP contribution in [0, 0.1) is 13.8 Å². The summed E-state index contributed by atoms with van der Waals surface area (Å²) < 4.78 is 5.50. The summed E-state index contributed by atoms with van der Waals surface area (Å²) in [7, 11) is 0. The number of aromatic nitrogens is 1. The van der Waals surface area contributed by atoms with Crippen LogP contribution in [0.5, 0.6) is 0 Å². The lowest BCUT2D eigenvalue weighted by Crippen LogP contribution is -2.28. The Morgan fingerprint density at radius 2 is 2.30 bits per heavy atom. The zero-order valence-electron chi connectivity index (χ0n) is 13.2. The average Bonchev–Trinajstić information content (AvgIpc) is 3.18. The minimum absolute atomic E-state index is 0.120. The summed E-state index contributed by atoms with van der Waals surface area (Å²) in [5.41, 5.74) is 1.75. The zero-order valence-corrected chi connectivity index (χ0v) is 14.0. The van der Waals surface area contributed by atoms with Crippen LogP contribution in [-0.2, 0) is 9.59 Å². The maximum absolute atomic E-state index is 12.0.